The van der Waals surface area contributed by atoms with Gasteiger partial charge < -0.3 is 10.2 Å². The smallest absolute Gasteiger partial charge is 0.236 e. The number of hydrogen-bond donors (Lipinski definition) is 1. The van der Waals surface area contributed by atoms with Crippen molar-refractivity contribution in [2.24, 2.45) is 0 Å². The molecule has 0 radical (unpaired) electrons. The first-order chi connectivity index (χ1) is 10.2. The van der Waals surface area contributed by atoms with Gasteiger partial charge >= 0.3 is 0 Å². The molecule has 2 saturated heterocycles. The number of carbonyl (C=O) groups is 2. The Bertz CT molecular complexity index is 348. The maximum atomic E-state index is 12.2. The molecule has 2 rings (SSSR count). The van der Waals surface area contributed by atoms with Crippen LogP contribution in [0.3, 0.4) is 0 Å². The number of hydrogen-bond acceptors (Lipinski definition) is 4. The summed E-state index contributed by atoms with van der Waals surface area (Å²) in [6.45, 7) is 8.96. The van der Waals surface area contributed by atoms with Crippen LogP contribution in [0.2, 0.25) is 0 Å². The maximum absolute atomic E-state index is 12.2. The molecule has 2 aliphatic heterocycles. The molecule has 0 saturated carbocycles. The molecular weight excluding hydrogens is 268 g/mol. The lowest BCUT2D eigenvalue weighted by Gasteiger charge is -2.35. The zero-order chi connectivity index (χ0) is 15.1. The quantitative estimate of drug-likeness (QED) is 0.760. The standard InChI is InChI=1S/C15H28N4O2/c1-2-16-14(20)12-17-8-10-18(11-9-17)13-15(21)19-6-4-3-5-7-19/h2-13H2,1H3,(H,16,20). The molecule has 2 heterocycles. The van der Waals surface area contributed by atoms with E-state index in [0.717, 1.165) is 52.1 Å². The van der Waals surface area contributed by atoms with Crippen LogP contribution in [-0.2, 0) is 9.59 Å². The van der Waals surface area contributed by atoms with Crippen LogP contribution in [0, 0.1) is 0 Å². The van der Waals surface area contributed by atoms with Gasteiger partial charge in [-0.3, -0.25) is 19.4 Å². The van der Waals surface area contributed by atoms with E-state index >= 15 is 0 Å². The number of rotatable bonds is 5. The Morgan fingerprint density at radius 1 is 0.857 bits per heavy atom. The van der Waals surface area contributed by atoms with E-state index in [0.29, 0.717) is 19.6 Å². The van der Waals surface area contributed by atoms with E-state index in [1.165, 1.54) is 6.42 Å². The van der Waals surface area contributed by atoms with Crippen LogP contribution in [-0.4, -0.2) is 85.4 Å². The van der Waals surface area contributed by atoms with Crippen molar-refractivity contribution in [3.8, 4) is 0 Å². The van der Waals surface area contributed by atoms with E-state index in [1.54, 1.807) is 0 Å². The van der Waals surface area contributed by atoms with E-state index in [4.69, 9.17) is 0 Å². The van der Waals surface area contributed by atoms with Crippen LogP contribution >= 0.6 is 0 Å². The third-order valence-corrected chi connectivity index (χ3v) is 4.27. The molecule has 0 aromatic carbocycles. The summed E-state index contributed by atoms with van der Waals surface area (Å²) in [4.78, 5) is 30.1. The van der Waals surface area contributed by atoms with Crippen LogP contribution in [0.15, 0.2) is 0 Å². The number of nitrogens with zero attached hydrogens (tertiary/aromatic N) is 3. The van der Waals surface area contributed by atoms with Gasteiger partial charge in [0, 0.05) is 45.8 Å². The Balaban J connectivity index is 1.66. The van der Waals surface area contributed by atoms with Gasteiger partial charge in [0.25, 0.3) is 0 Å². The number of carbonyl (C=O) groups excluding carboxylic acids is 2. The van der Waals surface area contributed by atoms with Gasteiger partial charge in [-0.15, -0.1) is 0 Å². The van der Waals surface area contributed by atoms with Crippen molar-refractivity contribution < 1.29 is 9.59 Å². The number of nitrogens with one attached hydrogen (secondary N) is 1. The fourth-order valence-electron chi connectivity index (χ4n) is 3.00. The zero-order valence-electron chi connectivity index (χ0n) is 13.1. The highest BCUT2D eigenvalue weighted by atomic mass is 16.2. The second-order valence-electron chi connectivity index (χ2n) is 5.95. The maximum Gasteiger partial charge on any atom is 0.236 e. The van der Waals surface area contributed by atoms with Gasteiger partial charge in [-0.2, -0.15) is 0 Å². The minimum absolute atomic E-state index is 0.0929. The highest BCUT2D eigenvalue weighted by Gasteiger charge is 2.23. The zero-order valence-corrected chi connectivity index (χ0v) is 13.1. The first kappa shape index (κ1) is 16.2. The van der Waals surface area contributed by atoms with Crippen molar-refractivity contribution in [2.75, 3.05) is 58.9 Å². The number of likely N-dealkylation sites (N-methyl/N-ethyl adjacent to an activating group) is 1. The first-order valence-corrected chi connectivity index (χ1v) is 8.18. The van der Waals surface area contributed by atoms with Crippen molar-refractivity contribution in [1.82, 2.24) is 20.0 Å². The summed E-state index contributed by atoms with van der Waals surface area (Å²) in [5, 5.41) is 2.82. The molecule has 6 nitrogen and oxygen atoms in total. The summed E-state index contributed by atoms with van der Waals surface area (Å²) in [5.74, 6) is 0.363. The monoisotopic (exact) mass is 296 g/mol. The summed E-state index contributed by atoms with van der Waals surface area (Å²) in [6.07, 6.45) is 3.54. The predicted octanol–water partition coefficient (Wildman–Crippen LogP) is -0.247. The van der Waals surface area contributed by atoms with Gasteiger partial charge in [0.05, 0.1) is 13.1 Å². The third-order valence-electron chi connectivity index (χ3n) is 4.27. The lowest BCUT2D eigenvalue weighted by molar-refractivity contribution is -0.134. The van der Waals surface area contributed by atoms with Gasteiger partial charge in [-0.05, 0) is 26.2 Å². The van der Waals surface area contributed by atoms with Crippen LogP contribution in [0.4, 0.5) is 0 Å². The lowest BCUT2D eigenvalue weighted by atomic mass is 10.1. The van der Waals surface area contributed by atoms with Gasteiger partial charge in [0.2, 0.25) is 11.8 Å². The first-order valence-electron chi connectivity index (χ1n) is 8.18. The van der Waals surface area contributed by atoms with Gasteiger partial charge in [0.1, 0.15) is 0 Å². The number of likely N-dealkylation sites (tertiary alicyclic amines) is 1. The summed E-state index contributed by atoms with van der Waals surface area (Å²) >= 11 is 0. The van der Waals surface area contributed by atoms with Gasteiger partial charge in [-0.1, -0.05) is 0 Å². The summed E-state index contributed by atoms with van der Waals surface area (Å²) in [5.41, 5.74) is 0. The molecule has 120 valence electrons. The highest BCUT2D eigenvalue weighted by molar-refractivity contribution is 5.78. The summed E-state index contributed by atoms with van der Waals surface area (Å²) < 4.78 is 0. The minimum Gasteiger partial charge on any atom is -0.355 e. The van der Waals surface area contributed by atoms with E-state index in [-0.39, 0.29) is 11.8 Å². The lowest BCUT2D eigenvalue weighted by Crippen LogP contribution is -2.52. The molecule has 0 aromatic heterocycles. The molecule has 6 heteroatoms. The van der Waals surface area contributed by atoms with Gasteiger partial charge in [0.15, 0.2) is 0 Å². The van der Waals surface area contributed by atoms with Crippen LogP contribution < -0.4 is 5.32 Å². The fraction of sp³-hybridized carbons (Fsp3) is 0.867. The average molecular weight is 296 g/mol. The van der Waals surface area contributed by atoms with Crippen LogP contribution in [0.25, 0.3) is 0 Å². The average Bonchev–Trinajstić information content (AvgIpc) is 2.50. The Kier molecular flexibility index (Phi) is 6.45. The second-order valence-corrected chi connectivity index (χ2v) is 5.95. The van der Waals surface area contributed by atoms with Crippen molar-refractivity contribution >= 4 is 11.8 Å². The van der Waals surface area contributed by atoms with Crippen molar-refractivity contribution in [2.45, 2.75) is 26.2 Å². The Morgan fingerprint density at radius 3 is 2.00 bits per heavy atom. The third kappa shape index (κ3) is 5.28. The Labute approximate surface area is 127 Å². The molecule has 0 aromatic rings. The van der Waals surface area contributed by atoms with Crippen molar-refractivity contribution in [3.63, 3.8) is 0 Å². The molecule has 2 aliphatic rings. The molecule has 0 aliphatic carbocycles. The highest BCUT2D eigenvalue weighted by Crippen LogP contribution is 2.10. The second kappa shape index (κ2) is 8.34. The number of amides is 2. The largest absolute Gasteiger partial charge is 0.355 e. The molecule has 21 heavy (non-hydrogen) atoms. The Hall–Kier alpha value is -1.14. The van der Waals surface area contributed by atoms with E-state index in [1.807, 2.05) is 11.8 Å². The minimum atomic E-state index is 0.0929. The summed E-state index contributed by atoms with van der Waals surface area (Å²) in [6, 6.07) is 0. The molecule has 0 bridgehead atoms. The van der Waals surface area contributed by atoms with Gasteiger partial charge in [-0.25, -0.2) is 0 Å². The molecule has 0 unspecified atom stereocenters. The topological polar surface area (TPSA) is 55.9 Å². The predicted molar refractivity (Wildman–Crippen MR) is 82.0 cm³/mol. The molecule has 2 fully saturated rings. The van der Waals surface area contributed by atoms with Crippen LogP contribution in [0.1, 0.15) is 26.2 Å². The molecule has 0 spiro atoms. The van der Waals surface area contributed by atoms with Crippen molar-refractivity contribution in [1.29, 1.82) is 0 Å². The number of piperazine rings is 1. The van der Waals surface area contributed by atoms with E-state index in [2.05, 4.69) is 15.1 Å². The van der Waals surface area contributed by atoms with E-state index < -0.39 is 0 Å². The fourth-order valence-corrected chi connectivity index (χ4v) is 3.00. The Morgan fingerprint density at radius 2 is 1.43 bits per heavy atom. The summed E-state index contributed by atoms with van der Waals surface area (Å²) in [7, 11) is 0. The van der Waals surface area contributed by atoms with Crippen molar-refractivity contribution in [3.05, 3.63) is 0 Å². The number of piperidine rings is 1. The molecule has 2 amide bonds. The van der Waals surface area contributed by atoms with Crippen LogP contribution in [0.5, 0.6) is 0 Å². The van der Waals surface area contributed by atoms with E-state index in [9.17, 15) is 9.59 Å². The molecule has 1 N–H and O–H groups in total. The SMILES string of the molecule is CCNC(=O)CN1CCN(CC(=O)N2CCCCC2)CC1. The molecule has 0 atom stereocenters. The normalized spacial score (nSPS) is 21.3. The molecular formula is C15H28N4O2.